The Morgan fingerprint density at radius 1 is 1.50 bits per heavy atom. The summed E-state index contributed by atoms with van der Waals surface area (Å²) < 4.78 is 12.8. The summed E-state index contributed by atoms with van der Waals surface area (Å²) in [4.78, 5) is 3.51. The largest absolute Gasteiger partial charge is 0.382 e. The molecular weight excluding hydrogens is 179 g/mol. The van der Waals surface area contributed by atoms with Crippen molar-refractivity contribution in [3.63, 3.8) is 0 Å². The van der Waals surface area contributed by atoms with Crippen LogP contribution in [0.3, 0.4) is 0 Å². The number of anilines is 1. The normalized spacial score (nSPS) is 12.9. The predicted octanol–water partition coefficient (Wildman–Crippen LogP) is 3.07. The third-order valence-electron chi connectivity index (χ3n) is 2.32. The first-order chi connectivity index (χ1) is 6.63. The van der Waals surface area contributed by atoms with Gasteiger partial charge in [-0.3, -0.25) is 0 Å². The van der Waals surface area contributed by atoms with E-state index in [0.717, 1.165) is 12.1 Å². The molecule has 0 aliphatic heterocycles. The molecule has 0 saturated heterocycles. The van der Waals surface area contributed by atoms with Gasteiger partial charge in [0, 0.05) is 24.0 Å². The molecule has 0 saturated carbocycles. The fourth-order valence-corrected chi connectivity index (χ4v) is 1.45. The zero-order valence-electron chi connectivity index (χ0n) is 8.92. The molecule has 1 aromatic heterocycles. The second-order valence-electron chi connectivity index (χ2n) is 3.77. The van der Waals surface area contributed by atoms with E-state index in [1.54, 1.807) is 6.07 Å². The van der Waals surface area contributed by atoms with Gasteiger partial charge >= 0.3 is 0 Å². The molecule has 78 valence electrons. The van der Waals surface area contributed by atoms with Crippen LogP contribution in [0, 0.1) is 11.9 Å². The van der Waals surface area contributed by atoms with Gasteiger partial charge in [0.15, 0.2) is 0 Å². The van der Waals surface area contributed by atoms with Crippen LogP contribution in [-0.2, 0) is 0 Å². The van der Waals surface area contributed by atoms with E-state index in [1.807, 2.05) is 0 Å². The van der Waals surface area contributed by atoms with Gasteiger partial charge in [-0.25, -0.2) is 4.98 Å². The molecule has 1 heterocycles. The monoisotopic (exact) mass is 196 g/mol. The summed E-state index contributed by atoms with van der Waals surface area (Å²) in [7, 11) is 0. The van der Waals surface area contributed by atoms with Crippen molar-refractivity contribution < 1.29 is 4.39 Å². The fraction of sp³-hybridized carbons (Fsp3) is 0.545. The maximum Gasteiger partial charge on any atom is 0.214 e. The Kier molecular flexibility index (Phi) is 3.86. The van der Waals surface area contributed by atoms with Crippen LogP contribution in [0.2, 0.25) is 0 Å². The van der Waals surface area contributed by atoms with Crippen molar-refractivity contribution in [1.82, 2.24) is 4.98 Å². The fourth-order valence-electron chi connectivity index (χ4n) is 1.45. The molecule has 0 fully saturated rings. The average Bonchev–Trinajstić information content (AvgIpc) is 2.14. The number of rotatable bonds is 4. The van der Waals surface area contributed by atoms with E-state index < -0.39 is 5.95 Å². The third-order valence-corrected chi connectivity index (χ3v) is 2.32. The molecule has 2 nitrogen and oxygen atoms in total. The van der Waals surface area contributed by atoms with Crippen LogP contribution in [0.5, 0.6) is 0 Å². The zero-order chi connectivity index (χ0) is 10.6. The SMILES string of the molecule is CCC(Nc1ccnc(F)c1)C(C)C. The van der Waals surface area contributed by atoms with E-state index in [0.29, 0.717) is 12.0 Å². The van der Waals surface area contributed by atoms with Gasteiger partial charge in [0.05, 0.1) is 0 Å². The molecule has 0 radical (unpaired) electrons. The molecule has 1 unspecified atom stereocenters. The van der Waals surface area contributed by atoms with Crippen molar-refractivity contribution in [2.24, 2.45) is 5.92 Å². The van der Waals surface area contributed by atoms with Crippen LogP contribution in [0.15, 0.2) is 18.3 Å². The molecule has 0 aromatic carbocycles. The summed E-state index contributed by atoms with van der Waals surface area (Å²) in [6.07, 6.45) is 2.51. The Bertz CT molecular complexity index is 286. The molecule has 1 aromatic rings. The van der Waals surface area contributed by atoms with Crippen LogP contribution in [0.4, 0.5) is 10.1 Å². The van der Waals surface area contributed by atoms with Gasteiger partial charge in [0.2, 0.25) is 5.95 Å². The Morgan fingerprint density at radius 2 is 2.21 bits per heavy atom. The second kappa shape index (κ2) is 4.94. The second-order valence-corrected chi connectivity index (χ2v) is 3.77. The Labute approximate surface area is 84.6 Å². The van der Waals surface area contributed by atoms with Crippen LogP contribution in [-0.4, -0.2) is 11.0 Å². The first-order valence-electron chi connectivity index (χ1n) is 5.01. The minimum absolute atomic E-state index is 0.386. The molecule has 1 N–H and O–H groups in total. The van der Waals surface area contributed by atoms with Gasteiger partial charge in [0.1, 0.15) is 0 Å². The Balaban J connectivity index is 2.67. The minimum Gasteiger partial charge on any atom is -0.382 e. The highest BCUT2D eigenvalue weighted by Crippen LogP contribution is 2.14. The van der Waals surface area contributed by atoms with Crippen molar-refractivity contribution in [3.05, 3.63) is 24.3 Å². The molecule has 0 bridgehead atoms. The van der Waals surface area contributed by atoms with Gasteiger partial charge in [-0.2, -0.15) is 4.39 Å². The third kappa shape index (κ3) is 2.98. The number of hydrogen-bond acceptors (Lipinski definition) is 2. The highest BCUT2D eigenvalue weighted by molar-refractivity contribution is 5.42. The van der Waals surface area contributed by atoms with Gasteiger partial charge in [-0.15, -0.1) is 0 Å². The first kappa shape index (κ1) is 11.0. The van der Waals surface area contributed by atoms with E-state index in [1.165, 1.54) is 12.3 Å². The highest BCUT2D eigenvalue weighted by Gasteiger charge is 2.10. The number of nitrogens with one attached hydrogen (secondary N) is 1. The maximum absolute atomic E-state index is 12.8. The van der Waals surface area contributed by atoms with Gasteiger partial charge in [-0.05, 0) is 18.4 Å². The van der Waals surface area contributed by atoms with Crippen LogP contribution < -0.4 is 5.32 Å². The molecule has 0 amide bonds. The van der Waals surface area contributed by atoms with Gasteiger partial charge in [0.25, 0.3) is 0 Å². The lowest BCUT2D eigenvalue weighted by atomic mass is 10.0. The summed E-state index contributed by atoms with van der Waals surface area (Å²) in [5.41, 5.74) is 0.804. The number of halogens is 1. The average molecular weight is 196 g/mol. The van der Waals surface area contributed by atoms with Crippen LogP contribution in [0.1, 0.15) is 27.2 Å². The van der Waals surface area contributed by atoms with Crippen LogP contribution >= 0.6 is 0 Å². The maximum atomic E-state index is 12.8. The standard InChI is InChI=1S/C11H17FN2/c1-4-10(8(2)3)14-9-5-6-13-11(12)7-9/h5-8,10H,4H2,1-3H3,(H,13,14). The minimum atomic E-state index is -0.436. The summed E-state index contributed by atoms with van der Waals surface area (Å²) in [5, 5.41) is 3.29. The molecule has 0 aliphatic carbocycles. The molecule has 1 rings (SSSR count). The lowest BCUT2D eigenvalue weighted by molar-refractivity contribution is 0.510. The van der Waals surface area contributed by atoms with Crippen molar-refractivity contribution >= 4 is 5.69 Å². The van der Waals surface area contributed by atoms with E-state index in [4.69, 9.17) is 0 Å². The number of hydrogen-bond donors (Lipinski definition) is 1. The number of pyridine rings is 1. The summed E-state index contributed by atoms with van der Waals surface area (Å²) >= 11 is 0. The molecule has 1 atom stereocenters. The number of aromatic nitrogens is 1. The highest BCUT2D eigenvalue weighted by atomic mass is 19.1. The Morgan fingerprint density at radius 3 is 2.71 bits per heavy atom. The van der Waals surface area contributed by atoms with E-state index >= 15 is 0 Å². The first-order valence-corrected chi connectivity index (χ1v) is 5.01. The predicted molar refractivity (Wildman–Crippen MR) is 56.7 cm³/mol. The lowest BCUT2D eigenvalue weighted by Crippen LogP contribution is -2.24. The molecule has 0 aliphatic rings. The van der Waals surface area contributed by atoms with E-state index in [2.05, 4.69) is 31.1 Å². The molecular formula is C11H17FN2. The lowest BCUT2D eigenvalue weighted by Gasteiger charge is -2.21. The van der Waals surface area contributed by atoms with Gasteiger partial charge < -0.3 is 5.32 Å². The summed E-state index contributed by atoms with van der Waals surface area (Å²) in [6, 6.07) is 3.59. The van der Waals surface area contributed by atoms with Crippen molar-refractivity contribution in [1.29, 1.82) is 0 Å². The number of nitrogens with zero attached hydrogens (tertiary/aromatic N) is 1. The van der Waals surface area contributed by atoms with E-state index in [-0.39, 0.29) is 0 Å². The van der Waals surface area contributed by atoms with Gasteiger partial charge in [-0.1, -0.05) is 20.8 Å². The molecule has 14 heavy (non-hydrogen) atoms. The molecule has 3 heteroatoms. The van der Waals surface area contributed by atoms with Crippen LogP contribution in [0.25, 0.3) is 0 Å². The van der Waals surface area contributed by atoms with Crippen molar-refractivity contribution in [2.75, 3.05) is 5.32 Å². The smallest absolute Gasteiger partial charge is 0.214 e. The van der Waals surface area contributed by atoms with E-state index in [9.17, 15) is 4.39 Å². The topological polar surface area (TPSA) is 24.9 Å². The summed E-state index contributed by atoms with van der Waals surface area (Å²) in [6.45, 7) is 6.42. The summed E-state index contributed by atoms with van der Waals surface area (Å²) in [5.74, 6) is 0.102. The molecule has 0 spiro atoms. The van der Waals surface area contributed by atoms with Crippen molar-refractivity contribution in [3.8, 4) is 0 Å². The Hall–Kier alpha value is -1.12. The van der Waals surface area contributed by atoms with Crippen molar-refractivity contribution in [2.45, 2.75) is 33.2 Å². The zero-order valence-corrected chi connectivity index (χ0v) is 8.92. The quantitative estimate of drug-likeness (QED) is 0.748.